The second-order valence-electron chi connectivity index (χ2n) is 12.6. The molecule has 202 valence electrons. The van der Waals surface area contributed by atoms with E-state index in [0.717, 1.165) is 6.42 Å². The minimum Gasteiger partial charge on any atom is -0.347 e. The van der Waals surface area contributed by atoms with E-state index in [4.69, 9.17) is 0 Å². The van der Waals surface area contributed by atoms with Crippen molar-refractivity contribution in [2.45, 2.75) is 44.9 Å². The Morgan fingerprint density at radius 2 is 1.39 bits per heavy atom. The Labute approximate surface area is 244 Å². The Hall–Kier alpha value is -4.36. The molecule has 0 bridgehead atoms. The summed E-state index contributed by atoms with van der Waals surface area (Å²) in [5, 5.41) is 5.27. The van der Waals surface area contributed by atoms with Crippen molar-refractivity contribution < 1.29 is 0 Å². The molecule has 1 nitrogen and oxygen atoms in total. The summed E-state index contributed by atoms with van der Waals surface area (Å²) in [6.45, 7) is 9.46. The van der Waals surface area contributed by atoms with Crippen molar-refractivity contribution in [1.82, 2.24) is 0 Å². The van der Waals surface area contributed by atoms with Gasteiger partial charge in [-0.2, -0.15) is 0 Å². The molecule has 1 atom stereocenters. The SMILES string of the molecule is CC1=C(/C=C/C=C2/N(C)c3cc4ccccc4cc3C2(C)C)C(C)(Cc2ccccc2)c2c1ccc1ccccc21. The zero-order chi connectivity index (χ0) is 28.4. The molecule has 1 aliphatic heterocycles. The van der Waals surface area contributed by atoms with E-state index in [1.165, 1.54) is 66.3 Å². The van der Waals surface area contributed by atoms with Gasteiger partial charge < -0.3 is 4.90 Å². The van der Waals surface area contributed by atoms with Crippen LogP contribution in [0, 0.1) is 0 Å². The molecular formula is C40H37N. The van der Waals surface area contributed by atoms with Crippen LogP contribution in [0.3, 0.4) is 0 Å². The summed E-state index contributed by atoms with van der Waals surface area (Å²) in [6, 6.07) is 37.9. The second kappa shape index (κ2) is 9.35. The van der Waals surface area contributed by atoms with Gasteiger partial charge in [-0.1, -0.05) is 124 Å². The molecule has 5 aromatic rings. The Bertz CT molecular complexity index is 1920. The fourth-order valence-corrected chi connectivity index (χ4v) is 7.62. The monoisotopic (exact) mass is 531 g/mol. The van der Waals surface area contributed by atoms with Crippen molar-refractivity contribution in [3.05, 3.63) is 155 Å². The molecule has 0 N–H and O–H groups in total. The van der Waals surface area contributed by atoms with Gasteiger partial charge in [0.25, 0.3) is 0 Å². The highest BCUT2D eigenvalue weighted by molar-refractivity contribution is 5.96. The van der Waals surface area contributed by atoms with E-state index in [2.05, 4.69) is 161 Å². The molecule has 41 heavy (non-hydrogen) atoms. The zero-order valence-corrected chi connectivity index (χ0v) is 24.7. The lowest BCUT2D eigenvalue weighted by Crippen LogP contribution is -2.25. The third-order valence-electron chi connectivity index (χ3n) is 9.70. The fraction of sp³-hybridized carbons (Fsp3) is 0.200. The summed E-state index contributed by atoms with van der Waals surface area (Å²) >= 11 is 0. The number of allylic oxidation sites excluding steroid dienone is 6. The Morgan fingerprint density at radius 3 is 2.15 bits per heavy atom. The molecule has 0 saturated heterocycles. The van der Waals surface area contributed by atoms with Crippen LogP contribution in [0.5, 0.6) is 0 Å². The Morgan fingerprint density at radius 1 is 0.732 bits per heavy atom. The molecule has 5 aromatic carbocycles. The fourth-order valence-electron chi connectivity index (χ4n) is 7.62. The van der Waals surface area contributed by atoms with Crippen molar-refractivity contribution >= 4 is 32.8 Å². The highest BCUT2D eigenvalue weighted by Gasteiger charge is 2.41. The minimum atomic E-state index is -0.131. The zero-order valence-electron chi connectivity index (χ0n) is 24.7. The summed E-state index contributed by atoms with van der Waals surface area (Å²) in [6.07, 6.45) is 8.00. The van der Waals surface area contributed by atoms with Gasteiger partial charge in [0.15, 0.2) is 0 Å². The van der Waals surface area contributed by atoms with E-state index in [1.807, 2.05) is 0 Å². The van der Waals surface area contributed by atoms with Crippen molar-refractivity contribution in [3.63, 3.8) is 0 Å². The smallest absolute Gasteiger partial charge is 0.0454 e. The largest absolute Gasteiger partial charge is 0.347 e. The van der Waals surface area contributed by atoms with E-state index in [1.54, 1.807) is 0 Å². The lowest BCUT2D eigenvalue weighted by molar-refractivity contribution is 0.582. The van der Waals surface area contributed by atoms with Gasteiger partial charge in [-0.25, -0.2) is 0 Å². The van der Waals surface area contributed by atoms with Crippen LogP contribution >= 0.6 is 0 Å². The maximum absolute atomic E-state index is 2.45. The van der Waals surface area contributed by atoms with E-state index in [0.29, 0.717) is 0 Å². The van der Waals surface area contributed by atoms with Crippen molar-refractivity contribution in [1.29, 1.82) is 0 Å². The van der Waals surface area contributed by atoms with Gasteiger partial charge in [-0.15, -0.1) is 0 Å². The summed E-state index contributed by atoms with van der Waals surface area (Å²) in [5.74, 6) is 0. The second-order valence-corrected chi connectivity index (χ2v) is 12.6. The maximum Gasteiger partial charge on any atom is 0.0454 e. The van der Waals surface area contributed by atoms with E-state index >= 15 is 0 Å². The molecule has 1 heteroatoms. The lowest BCUT2D eigenvalue weighted by Gasteiger charge is -2.30. The highest BCUT2D eigenvalue weighted by Crippen LogP contribution is 2.52. The molecule has 2 aliphatic rings. The number of anilines is 1. The predicted molar refractivity (Wildman–Crippen MR) is 177 cm³/mol. The molecule has 7 rings (SSSR count). The third kappa shape index (κ3) is 3.90. The first-order valence-corrected chi connectivity index (χ1v) is 14.7. The quantitative estimate of drug-likeness (QED) is 0.223. The summed E-state index contributed by atoms with van der Waals surface area (Å²) in [5.41, 5.74) is 10.8. The van der Waals surface area contributed by atoms with Gasteiger partial charge in [0, 0.05) is 29.3 Å². The first-order valence-electron chi connectivity index (χ1n) is 14.7. The molecule has 0 radical (unpaired) electrons. The van der Waals surface area contributed by atoms with Crippen molar-refractivity contribution in [2.24, 2.45) is 0 Å². The molecule has 0 aromatic heterocycles. The van der Waals surface area contributed by atoms with Gasteiger partial charge >= 0.3 is 0 Å². The number of fused-ring (bicyclic) bond motifs is 5. The third-order valence-corrected chi connectivity index (χ3v) is 9.70. The minimum absolute atomic E-state index is 0.0793. The molecule has 1 heterocycles. The van der Waals surface area contributed by atoms with Gasteiger partial charge in [-0.3, -0.25) is 0 Å². The van der Waals surface area contributed by atoms with Crippen LogP contribution in [-0.2, 0) is 17.3 Å². The average molecular weight is 532 g/mol. The molecule has 0 saturated carbocycles. The Balaban J connectivity index is 1.32. The van der Waals surface area contributed by atoms with Crippen LogP contribution < -0.4 is 4.90 Å². The molecule has 0 amide bonds. The summed E-state index contributed by atoms with van der Waals surface area (Å²) in [7, 11) is 2.21. The van der Waals surface area contributed by atoms with Gasteiger partial charge in [0.1, 0.15) is 0 Å². The van der Waals surface area contributed by atoms with Crippen LogP contribution in [0.4, 0.5) is 5.69 Å². The molecule has 0 fully saturated rings. The number of hydrogen-bond acceptors (Lipinski definition) is 1. The highest BCUT2D eigenvalue weighted by atomic mass is 15.2. The lowest BCUT2D eigenvalue weighted by atomic mass is 9.72. The van der Waals surface area contributed by atoms with Crippen LogP contribution in [0.15, 0.2) is 133 Å². The Kier molecular flexibility index (Phi) is 5.84. The van der Waals surface area contributed by atoms with Crippen LogP contribution in [-0.4, -0.2) is 7.05 Å². The standard InChI is InChI=1S/C40H37N/c1-27-32-23-22-29-16-11-12-19-33(29)38(32)40(4,26-28-14-7-6-8-15-28)34(27)20-13-21-37-39(2,3)35-24-30-17-9-10-18-31(30)25-36(35)41(37)5/h6-25H,26H2,1-5H3/b20-13+,37-21+. The van der Waals surface area contributed by atoms with Gasteiger partial charge in [0.2, 0.25) is 0 Å². The average Bonchev–Trinajstić information content (AvgIpc) is 3.31. The molecule has 0 spiro atoms. The van der Waals surface area contributed by atoms with E-state index in [-0.39, 0.29) is 10.8 Å². The molecular weight excluding hydrogens is 494 g/mol. The maximum atomic E-state index is 2.45. The van der Waals surface area contributed by atoms with Crippen molar-refractivity contribution in [2.75, 3.05) is 11.9 Å². The van der Waals surface area contributed by atoms with Gasteiger partial charge in [-0.05, 0) is 86.5 Å². The molecule has 1 unspecified atom stereocenters. The number of benzene rings is 5. The number of nitrogens with zero attached hydrogens (tertiary/aromatic N) is 1. The van der Waals surface area contributed by atoms with Crippen LogP contribution in [0.25, 0.3) is 27.1 Å². The topological polar surface area (TPSA) is 3.24 Å². The number of hydrogen-bond donors (Lipinski definition) is 0. The van der Waals surface area contributed by atoms with E-state index in [9.17, 15) is 0 Å². The van der Waals surface area contributed by atoms with E-state index < -0.39 is 0 Å². The normalized spacial score (nSPS) is 20.5. The van der Waals surface area contributed by atoms with Crippen molar-refractivity contribution in [3.8, 4) is 0 Å². The molecule has 1 aliphatic carbocycles. The number of likely N-dealkylation sites (N-methyl/N-ethyl adjacent to an activating group) is 1. The van der Waals surface area contributed by atoms with Crippen LogP contribution in [0.2, 0.25) is 0 Å². The number of rotatable bonds is 4. The summed E-state index contributed by atoms with van der Waals surface area (Å²) < 4.78 is 0. The first-order chi connectivity index (χ1) is 19.8. The predicted octanol–water partition coefficient (Wildman–Crippen LogP) is 10.1. The van der Waals surface area contributed by atoms with Gasteiger partial charge in [0.05, 0.1) is 0 Å². The first kappa shape index (κ1) is 25.6. The van der Waals surface area contributed by atoms with Crippen LogP contribution in [0.1, 0.15) is 49.9 Å². The summed E-state index contributed by atoms with van der Waals surface area (Å²) in [4.78, 5) is 2.38.